The summed E-state index contributed by atoms with van der Waals surface area (Å²) in [5.74, 6) is 3.24. The molecule has 4 aromatic rings. The molecule has 19 heteroatoms. The first-order chi connectivity index (χ1) is 35.8. The van der Waals surface area contributed by atoms with Crippen molar-refractivity contribution in [1.82, 2.24) is 24.9 Å². The predicted octanol–water partition coefficient (Wildman–Crippen LogP) is 6.41. The van der Waals surface area contributed by atoms with Crippen molar-refractivity contribution >= 4 is 5.91 Å². The first-order valence-corrected chi connectivity index (χ1v) is 26.4. The third kappa shape index (κ3) is 8.68. The largest absolute Gasteiger partial charge is 0.507 e. The van der Waals surface area contributed by atoms with Gasteiger partial charge in [0.05, 0.1) is 36.3 Å². The van der Waals surface area contributed by atoms with Gasteiger partial charge in [-0.1, -0.05) is 32.9 Å². The third-order valence-corrected chi connectivity index (χ3v) is 19.0. The molecule has 8 heterocycles. The van der Waals surface area contributed by atoms with Crippen molar-refractivity contribution in [3.8, 4) is 58.1 Å². The van der Waals surface area contributed by atoms with E-state index in [0.717, 1.165) is 66.8 Å². The molecule has 0 aliphatic carbocycles. The molecule has 2 fully saturated rings. The number of phenolic OH excluding ortho intramolecular Hbond substituents is 4. The summed E-state index contributed by atoms with van der Waals surface area (Å²) < 4.78 is 23.4. The van der Waals surface area contributed by atoms with Crippen molar-refractivity contribution in [2.75, 3.05) is 40.8 Å². The van der Waals surface area contributed by atoms with Crippen LogP contribution in [-0.2, 0) is 30.5 Å². The van der Waals surface area contributed by atoms with Crippen LogP contribution in [-0.4, -0.2) is 123 Å². The number of piperazine rings is 2. The summed E-state index contributed by atoms with van der Waals surface area (Å²) in [6, 6.07) is 6.99. The Kier molecular flexibility index (Phi) is 16.4. The Morgan fingerprint density at radius 3 is 1.43 bits per heavy atom. The molecule has 402 valence electrons. The monoisotopic (exact) mass is 1480 g/mol. The number of nitriles is 2. The van der Waals surface area contributed by atoms with E-state index in [9.17, 15) is 35.7 Å². The number of hydrogen-bond acceptors (Lipinski definition) is 16. The molecule has 0 aromatic heterocycles. The fourth-order valence-electron chi connectivity index (χ4n) is 14.5. The Morgan fingerprint density at radius 1 is 0.623 bits per heavy atom. The van der Waals surface area contributed by atoms with Gasteiger partial charge in [-0.15, -0.1) is 0 Å². The van der Waals surface area contributed by atoms with Crippen molar-refractivity contribution in [3.05, 3.63) is 90.0 Å². The first-order valence-electron chi connectivity index (χ1n) is 26.4. The molecule has 0 spiro atoms. The predicted molar refractivity (Wildman–Crippen MR) is 278 cm³/mol. The number of nitrogens with two attached hydrogens (primary N) is 1. The van der Waals surface area contributed by atoms with Gasteiger partial charge in [-0.3, -0.25) is 24.4 Å². The molecule has 4 aromatic carbocycles. The molecular weight excluding hydrogens is 1410 g/mol. The Bertz CT molecular complexity index is 3180. The van der Waals surface area contributed by atoms with E-state index in [1.165, 1.54) is 0 Å². The van der Waals surface area contributed by atoms with Gasteiger partial charge < -0.3 is 50.4 Å². The Morgan fingerprint density at radius 2 is 1.03 bits per heavy atom. The van der Waals surface area contributed by atoms with Crippen molar-refractivity contribution in [2.45, 2.75) is 148 Å². The van der Waals surface area contributed by atoms with E-state index in [2.05, 4.69) is 49.2 Å². The van der Waals surface area contributed by atoms with Gasteiger partial charge in [-0.05, 0) is 121 Å². The topological polar surface area (TPSA) is 233 Å². The molecule has 1 amide bonds. The van der Waals surface area contributed by atoms with Crippen LogP contribution < -0.4 is 30.0 Å². The van der Waals surface area contributed by atoms with Crippen LogP contribution in [0.3, 0.4) is 0 Å². The molecule has 17 nitrogen and oxygen atoms in total. The molecular formula is C58H70Ac2N8O9. The van der Waals surface area contributed by atoms with E-state index >= 15 is 0 Å². The van der Waals surface area contributed by atoms with Crippen LogP contribution in [0.4, 0.5) is 0 Å². The number of rotatable bonds is 5. The molecule has 11 atom stereocenters. The summed E-state index contributed by atoms with van der Waals surface area (Å²) in [6.07, 6.45) is 2.28. The van der Waals surface area contributed by atoms with E-state index in [0.29, 0.717) is 71.3 Å². The Balaban J connectivity index is 0.000000186. The van der Waals surface area contributed by atoms with E-state index in [4.69, 9.17) is 24.7 Å². The molecule has 2 unspecified atom stereocenters. The summed E-state index contributed by atoms with van der Waals surface area (Å²) in [6.45, 7) is 18.2. The van der Waals surface area contributed by atoms with Gasteiger partial charge in [-0.2, -0.15) is 10.5 Å². The number of likely N-dealkylation sites (N-methyl/N-ethyl adjacent to an activating group) is 2. The van der Waals surface area contributed by atoms with Crippen LogP contribution in [0, 0.1) is 164 Å². The van der Waals surface area contributed by atoms with Gasteiger partial charge in [0.15, 0.2) is 23.0 Å². The SMILES string of the molecule is Cc1cc2c(c(O)c1C)[C@@H]1C3Cc4c(O)c(C)c5c(c4[C@H](CN)N3[C@@H](C#N)[C@H](C2)N1C)OCO5.Cc1cc2c(c(O)c1C)[C@@H]1C3Cc4c(O)c(C)c5c(c4[C@H](CNC(=O)[C@@H](C)C(C)C)N3[C@@H](C#N)[C@H](C2)N1C)OCO5.[Ac].[Ac]. The molecule has 77 heavy (non-hydrogen) atoms. The number of ether oxygens (including phenoxy) is 4. The zero-order chi connectivity index (χ0) is 53.5. The number of carbonyl (C=O) groups excluding carboxylic acids is 1. The van der Waals surface area contributed by atoms with Crippen LogP contribution in [0.2, 0.25) is 0 Å². The molecule has 2 radical (unpaired) electrons. The average molecular weight is 1480 g/mol. The number of nitrogens with one attached hydrogen (secondary N) is 1. The maximum atomic E-state index is 13.2. The second-order valence-electron chi connectivity index (χ2n) is 22.7. The van der Waals surface area contributed by atoms with Crippen molar-refractivity contribution in [1.29, 1.82) is 10.5 Å². The normalized spacial score (nSPS) is 27.3. The van der Waals surface area contributed by atoms with E-state index in [-0.39, 0.29) is 186 Å². The number of hydrogen-bond donors (Lipinski definition) is 6. The summed E-state index contributed by atoms with van der Waals surface area (Å²) in [4.78, 5) is 22.1. The number of aryl methyl sites for hydroxylation is 2. The van der Waals surface area contributed by atoms with Gasteiger partial charge in [0.1, 0.15) is 35.1 Å². The van der Waals surface area contributed by atoms with Crippen LogP contribution in [0.5, 0.6) is 46.0 Å². The van der Waals surface area contributed by atoms with Crippen molar-refractivity contribution < 1.29 is 132 Å². The number of aromatic hydroxyl groups is 4. The number of fused-ring (bicyclic) bond motifs is 18. The second-order valence-corrected chi connectivity index (χ2v) is 22.7. The van der Waals surface area contributed by atoms with Gasteiger partial charge in [0.2, 0.25) is 19.5 Å². The molecule has 8 aliphatic heterocycles. The number of nitrogens with zero attached hydrogens (tertiary/aromatic N) is 6. The summed E-state index contributed by atoms with van der Waals surface area (Å²) >= 11 is 0. The maximum absolute atomic E-state index is 13.2. The molecule has 12 rings (SSSR count). The van der Waals surface area contributed by atoms with Gasteiger partial charge in [0, 0.05) is 176 Å². The zero-order valence-corrected chi connectivity index (χ0v) is 55.5. The first kappa shape index (κ1) is 58.1. The molecule has 4 bridgehead atoms. The fraction of sp³-hybridized carbons (Fsp3) is 0.534. The van der Waals surface area contributed by atoms with E-state index in [1.807, 2.05) is 76.4 Å². The Labute approximate surface area is 523 Å². The fourth-order valence-corrected chi connectivity index (χ4v) is 14.5. The van der Waals surface area contributed by atoms with Gasteiger partial charge >= 0.3 is 0 Å². The molecule has 2 saturated heterocycles. The minimum absolute atomic E-state index is 0. The minimum Gasteiger partial charge on any atom is -0.507 e. The van der Waals surface area contributed by atoms with Gasteiger partial charge in [0.25, 0.3) is 0 Å². The second kappa shape index (κ2) is 21.7. The Hall–Kier alpha value is -3.59. The summed E-state index contributed by atoms with van der Waals surface area (Å²) in [5.41, 5.74) is 18.7. The standard InChI is InChI=1S/C32H40N4O5.C26H30N4O4.2Ac/c1-14(2)16(4)32(39)34-12-24-26-20(28(37)18(6)30-31(26)41-13-40-30)10-22-27-25-19(8-15(3)17(5)29(25)38)9-21(35(27)7)23(11-33)36(22)24;1-11-5-14-6-16-18(8-27)30-17(22(29(16)4)20(14)24(32)12(11)2)7-15-21(19(30)9-28)26-25(33-10-34-26)13(3)23(15)31;;/h8,14,16,21-24,27,37-38H,9-10,12-13H2,1-7H3,(H,34,39);5,16-19,22,31-32H,6-7,9-10,28H2,1-4H3;;/t16-,21-,22?,23-,24-,27-;16-,17?,18-,19-,22-;;/m00../s1. The van der Waals surface area contributed by atoms with Crippen molar-refractivity contribution in [2.24, 2.45) is 17.6 Å². The zero-order valence-electron chi connectivity index (χ0n) is 46.0. The number of benzene rings is 4. The van der Waals surface area contributed by atoms with Crippen LogP contribution in [0.25, 0.3) is 0 Å². The minimum atomic E-state index is -0.489. The number of carbonyl (C=O) groups is 1. The molecule has 7 N–H and O–H groups in total. The maximum Gasteiger partial charge on any atom is 0.231 e. The van der Waals surface area contributed by atoms with Crippen LogP contribution in [0.1, 0.15) is 123 Å². The molecule has 8 aliphatic rings. The van der Waals surface area contributed by atoms with Crippen LogP contribution in [0.15, 0.2) is 12.1 Å². The molecule has 0 saturated carbocycles. The van der Waals surface area contributed by atoms with Crippen LogP contribution >= 0.6 is 0 Å². The third-order valence-electron chi connectivity index (χ3n) is 19.0. The van der Waals surface area contributed by atoms with E-state index in [1.54, 1.807) is 0 Å². The quantitative estimate of drug-likeness (QED) is 0.127. The number of amides is 1. The average Bonchev–Trinajstić information content (AvgIpc) is 4.22. The summed E-state index contributed by atoms with van der Waals surface area (Å²) in [7, 11) is 4.09. The van der Waals surface area contributed by atoms with E-state index < -0.39 is 18.1 Å². The van der Waals surface area contributed by atoms with Gasteiger partial charge in [-0.25, -0.2) is 0 Å². The van der Waals surface area contributed by atoms with Crippen molar-refractivity contribution in [3.63, 3.8) is 0 Å². The summed E-state index contributed by atoms with van der Waals surface area (Å²) in [5, 5.41) is 69.8. The number of phenols is 4. The smallest absolute Gasteiger partial charge is 0.231 e.